The monoisotopic (exact) mass is 284 g/mol. The van der Waals surface area contributed by atoms with Crippen molar-refractivity contribution in [3.63, 3.8) is 0 Å². The zero-order chi connectivity index (χ0) is 14.8. The summed E-state index contributed by atoms with van der Waals surface area (Å²) in [5, 5.41) is 15.8. The maximum atomic E-state index is 11.7. The van der Waals surface area contributed by atoms with Crippen LogP contribution in [-0.4, -0.2) is 41.5 Å². The van der Waals surface area contributed by atoms with Crippen LogP contribution in [0, 0.1) is 5.92 Å². The fourth-order valence-electron chi connectivity index (χ4n) is 2.97. The van der Waals surface area contributed by atoms with Gasteiger partial charge in [-0.15, -0.1) is 0 Å². The van der Waals surface area contributed by atoms with Gasteiger partial charge in [-0.1, -0.05) is 0 Å². The van der Waals surface area contributed by atoms with E-state index in [1.165, 1.54) is 0 Å². The van der Waals surface area contributed by atoms with Crippen molar-refractivity contribution >= 4 is 6.09 Å². The van der Waals surface area contributed by atoms with Gasteiger partial charge in [0.2, 0.25) is 0 Å². The van der Waals surface area contributed by atoms with Crippen molar-refractivity contribution in [2.24, 2.45) is 5.92 Å². The van der Waals surface area contributed by atoms with Crippen LogP contribution in [0.15, 0.2) is 0 Å². The second-order valence-electron chi connectivity index (χ2n) is 7.25. The third kappa shape index (κ3) is 4.94. The Balaban J connectivity index is 1.61. The Morgan fingerprint density at radius 2 is 1.85 bits per heavy atom. The summed E-state index contributed by atoms with van der Waals surface area (Å²) in [6.45, 7) is 6.61. The van der Waals surface area contributed by atoms with Gasteiger partial charge >= 0.3 is 6.09 Å². The molecule has 0 aromatic rings. The first-order valence-electron chi connectivity index (χ1n) is 7.73. The minimum atomic E-state index is -0.439. The third-order valence-electron chi connectivity index (χ3n) is 4.06. The van der Waals surface area contributed by atoms with Gasteiger partial charge in [0, 0.05) is 12.1 Å². The first-order valence-corrected chi connectivity index (χ1v) is 7.73. The normalized spacial score (nSPS) is 33.6. The van der Waals surface area contributed by atoms with E-state index in [1.807, 2.05) is 20.8 Å². The van der Waals surface area contributed by atoms with Crippen molar-refractivity contribution in [1.29, 1.82) is 0 Å². The molecule has 0 bridgehead atoms. The maximum Gasteiger partial charge on any atom is 0.407 e. The summed E-state index contributed by atoms with van der Waals surface area (Å²) < 4.78 is 5.27. The molecule has 0 aromatic heterocycles. The molecule has 5 nitrogen and oxygen atoms in total. The third-order valence-corrected chi connectivity index (χ3v) is 4.06. The van der Waals surface area contributed by atoms with Crippen LogP contribution in [0.2, 0.25) is 0 Å². The highest BCUT2D eigenvalue weighted by Gasteiger charge is 2.30. The number of carbonyl (C=O) groups excluding carboxylic acids is 1. The van der Waals surface area contributed by atoms with Crippen LogP contribution in [-0.2, 0) is 4.74 Å². The highest BCUT2D eigenvalue weighted by atomic mass is 16.6. The first kappa shape index (κ1) is 15.6. The molecule has 0 aliphatic heterocycles. The van der Waals surface area contributed by atoms with E-state index in [0.29, 0.717) is 12.0 Å². The second-order valence-corrected chi connectivity index (χ2v) is 7.25. The number of ether oxygens (including phenoxy) is 1. The molecule has 20 heavy (non-hydrogen) atoms. The average molecular weight is 284 g/mol. The van der Waals surface area contributed by atoms with E-state index in [4.69, 9.17) is 4.74 Å². The Kier molecular flexibility index (Phi) is 4.91. The smallest absolute Gasteiger partial charge is 0.407 e. The van der Waals surface area contributed by atoms with Crippen molar-refractivity contribution in [2.75, 3.05) is 6.54 Å². The van der Waals surface area contributed by atoms with E-state index in [9.17, 15) is 9.90 Å². The summed E-state index contributed by atoms with van der Waals surface area (Å²) >= 11 is 0. The summed E-state index contributed by atoms with van der Waals surface area (Å²) in [4.78, 5) is 11.7. The fourth-order valence-corrected chi connectivity index (χ4v) is 2.97. The van der Waals surface area contributed by atoms with Gasteiger partial charge in [0.25, 0.3) is 0 Å². The Bertz CT molecular complexity index is 335. The number of carbonyl (C=O) groups is 1. The van der Waals surface area contributed by atoms with Crippen LogP contribution in [0.4, 0.5) is 4.79 Å². The summed E-state index contributed by atoms with van der Waals surface area (Å²) in [6, 6.07) is 0.696. The maximum absolute atomic E-state index is 11.7. The van der Waals surface area contributed by atoms with Gasteiger partial charge in [0.05, 0.1) is 6.10 Å². The zero-order valence-electron chi connectivity index (χ0n) is 12.8. The minimum Gasteiger partial charge on any atom is -0.444 e. The molecule has 2 rings (SSSR count). The molecular weight excluding hydrogens is 256 g/mol. The van der Waals surface area contributed by atoms with E-state index >= 15 is 0 Å². The lowest BCUT2D eigenvalue weighted by Crippen LogP contribution is -2.41. The van der Waals surface area contributed by atoms with Crippen LogP contribution in [0.3, 0.4) is 0 Å². The summed E-state index contributed by atoms with van der Waals surface area (Å²) in [6.07, 6.45) is 4.53. The Labute approximate surface area is 121 Å². The molecule has 0 radical (unpaired) electrons. The van der Waals surface area contributed by atoms with Crippen molar-refractivity contribution in [2.45, 2.75) is 76.7 Å². The lowest BCUT2D eigenvalue weighted by atomic mass is 9.82. The Morgan fingerprint density at radius 1 is 1.20 bits per heavy atom. The molecule has 116 valence electrons. The molecule has 2 fully saturated rings. The van der Waals surface area contributed by atoms with Crippen LogP contribution in [0.25, 0.3) is 0 Å². The van der Waals surface area contributed by atoms with E-state index in [1.54, 1.807) is 0 Å². The molecule has 0 spiro atoms. The molecule has 2 saturated carbocycles. The topological polar surface area (TPSA) is 70.6 Å². The van der Waals surface area contributed by atoms with Gasteiger partial charge < -0.3 is 20.5 Å². The number of nitrogens with one attached hydrogen (secondary N) is 2. The van der Waals surface area contributed by atoms with Crippen LogP contribution in [0.5, 0.6) is 0 Å². The summed E-state index contributed by atoms with van der Waals surface area (Å²) in [5.41, 5.74) is -0.439. The quantitative estimate of drug-likeness (QED) is 0.736. The first-order chi connectivity index (χ1) is 9.32. The van der Waals surface area contributed by atoms with Gasteiger partial charge in [0.15, 0.2) is 0 Å². The molecule has 1 amide bonds. The number of hydrogen-bond acceptors (Lipinski definition) is 4. The zero-order valence-corrected chi connectivity index (χ0v) is 12.8. The number of rotatable bonds is 4. The van der Waals surface area contributed by atoms with Gasteiger partial charge in [-0.05, 0) is 65.3 Å². The van der Waals surface area contributed by atoms with Crippen LogP contribution in [0.1, 0.15) is 52.9 Å². The molecule has 0 saturated heterocycles. The predicted octanol–water partition coefficient (Wildman–Crippen LogP) is 1.79. The van der Waals surface area contributed by atoms with Crippen molar-refractivity contribution in [1.82, 2.24) is 10.6 Å². The van der Waals surface area contributed by atoms with Gasteiger partial charge in [-0.2, -0.15) is 0 Å². The number of aliphatic hydroxyl groups is 1. The highest BCUT2D eigenvalue weighted by molar-refractivity contribution is 5.68. The van der Waals surface area contributed by atoms with Gasteiger partial charge in [0.1, 0.15) is 5.60 Å². The minimum absolute atomic E-state index is 0.0769. The number of amides is 1. The fraction of sp³-hybridized carbons (Fsp3) is 0.933. The molecule has 2 atom stereocenters. The number of hydrogen-bond donors (Lipinski definition) is 3. The predicted molar refractivity (Wildman–Crippen MR) is 77.5 cm³/mol. The molecule has 2 aliphatic rings. The second kappa shape index (κ2) is 6.31. The highest BCUT2D eigenvalue weighted by Crippen LogP contribution is 2.27. The van der Waals surface area contributed by atoms with Crippen molar-refractivity contribution in [3.8, 4) is 0 Å². The molecule has 0 heterocycles. The molecule has 3 N–H and O–H groups in total. The lowest BCUT2D eigenvalue weighted by molar-refractivity contribution is 0.0416. The summed E-state index contributed by atoms with van der Waals surface area (Å²) in [7, 11) is 0. The molecule has 2 aliphatic carbocycles. The molecule has 0 aromatic carbocycles. The molecular formula is C15H28N2O3. The van der Waals surface area contributed by atoms with Crippen molar-refractivity contribution < 1.29 is 14.6 Å². The standard InChI is InChI=1S/C15H28N2O3/c1-15(2,3)20-14(19)17-12-5-4-11(8-12)16-9-10-6-13(18)7-10/h10-13,16,18H,4-9H2,1-3H3,(H,17,19). The number of alkyl carbamates (subject to hydrolysis) is 1. The van der Waals surface area contributed by atoms with E-state index < -0.39 is 5.60 Å². The lowest BCUT2D eigenvalue weighted by Gasteiger charge is -2.32. The van der Waals surface area contributed by atoms with E-state index in [2.05, 4.69) is 10.6 Å². The SMILES string of the molecule is CC(C)(C)OC(=O)NC1CCC(NCC2CC(O)C2)C1. The Hall–Kier alpha value is -0.810. The van der Waals surface area contributed by atoms with Crippen LogP contribution >= 0.6 is 0 Å². The van der Waals surface area contributed by atoms with Crippen molar-refractivity contribution in [3.05, 3.63) is 0 Å². The molecule has 5 heteroatoms. The summed E-state index contributed by atoms with van der Waals surface area (Å²) in [5.74, 6) is 0.628. The van der Waals surface area contributed by atoms with Gasteiger partial charge in [-0.25, -0.2) is 4.79 Å². The molecule has 2 unspecified atom stereocenters. The Morgan fingerprint density at radius 3 is 2.45 bits per heavy atom. The number of aliphatic hydroxyl groups excluding tert-OH is 1. The van der Waals surface area contributed by atoms with Gasteiger partial charge in [-0.3, -0.25) is 0 Å². The average Bonchev–Trinajstić information content (AvgIpc) is 2.67. The van der Waals surface area contributed by atoms with E-state index in [-0.39, 0.29) is 18.2 Å². The van der Waals surface area contributed by atoms with Crippen LogP contribution < -0.4 is 10.6 Å². The largest absolute Gasteiger partial charge is 0.444 e. The van der Waals surface area contributed by atoms with E-state index in [0.717, 1.165) is 38.6 Å².